The van der Waals surface area contributed by atoms with Crippen molar-refractivity contribution in [2.75, 3.05) is 0 Å². The molecule has 2 N–H and O–H groups in total. The lowest BCUT2D eigenvalue weighted by molar-refractivity contribution is 0.216. The summed E-state index contributed by atoms with van der Waals surface area (Å²) < 4.78 is 29.6. The van der Waals surface area contributed by atoms with Crippen LogP contribution in [0.3, 0.4) is 0 Å². The third-order valence-electron chi connectivity index (χ3n) is 8.74. The first-order valence-electron chi connectivity index (χ1n) is 13.9. The fourth-order valence-corrected chi connectivity index (χ4v) is 6.66. The molecule has 6 rings (SSSR count). The standard InChI is InChI=1S/C33H31ClF2N4O/c1-33-18-22-19-38-40(26-14-12-25(35)13-15-26)31(22)17-24(33)11-10-23(33)16-30(21-6-3-2-4-7-21)39-32(41)37-20-27-28(34)8-5-9-29(27)36/h2-9,12-15,17,19,23,30H,10-11,16,18,20H2,1H3,(H2,37,39,41)/t23-,30?,33-/m1/s1. The van der Waals surface area contributed by atoms with E-state index in [0.29, 0.717) is 5.92 Å². The van der Waals surface area contributed by atoms with Gasteiger partial charge >= 0.3 is 6.03 Å². The zero-order chi connectivity index (χ0) is 28.6. The molecule has 1 unspecified atom stereocenters. The molecule has 0 saturated heterocycles. The SMILES string of the molecule is C[C@]12Cc3cnn(-c4ccc(F)cc4)c3C=C1CC[C@@H]2CC(NC(=O)NCc1c(F)cccc1Cl)c1ccccc1. The predicted molar refractivity (Wildman–Crippen MR) is 157 cm³/mol. The Labute approximate surface area is 243 Å². The maximum atomic E-state index is 14.2. The molecule has 3 aromatic carbocycles. The predicted octanol–water partition coefficient (Wildman–Crippen LogP) is 7.79. The van der Waals surface area contributed by atoms with Crippen LogP contribution in [-0.4, -0.2) is 15.8 Å². The minimum absolute atomic E-state index is 0.00625. The highest BCUT2D eigenvalue weighted by molar-refractivity contribution is 6.31. The van der Waals surface area contributed by atoms with Crippen molar-refractivity contribution in [2.24, 2.45) is 11.3 Å². The molecule has 2 amide bonds. The number of hydrogen-bond donors (Lipinski definition) is 2. The van der Waals surface area contributed by atoms with E-state index in [1.165, 1.54) is 23.8 Å². The third kappa shape index (κ3) is 5.38. The van der Waals surface area contributed by atoms with E-state index in [0.717, 1.165) is 48.2 Å². The van der Waals surface area contributed by atoms with Crippen molar-refractivity contribution in [2.45, 2.75) is 45.2 Å². The van der Waals surface area contributed by atoms with Crippen LogP contribution in [0, 0.1) is 23.0 Å². The Morgan fingerprint density at radius 1 is 1.10 bits per heavy atom. The zero-order valence-corrected chi connectivity index (χ0v) is 23.5. The minimum Gasteiger partial charge on any atom is -0.334 e. The highest BCUT2D eigenvalue weighted by Crippen LogP contribution is 2.55. The number of allylic oxidation sites excluding steroid dienone is 1. The molecule has 0 radical (unpaired) electrons. The Hall–Kier alpha value is -3.97. The molecular weight excluding hydrogens is 542 g/mol. The van der Waals surface area contributed by atoms with Crippen molar-refractivity contribution in [3.8, 4) is 5.69 Å². The quantitative estimate of drug-likeness (QED) is 0.237. The average molecular weight is 573 g/mol. The van der Waals surface area contributed by atoms with Crippen LogP contribution in [-0.2, 0) is 13.0 Å². The Morgan fingerprint density at radius 3 is 2.63 bits per heavy atom. The van der Waals surface area contributed by atoms with Crippen LogP contribution in [0.2, 0.25) is 5.02 Å². The van der Waals surface area contributed by atoms with Crippen molar-refractivity contribution >= 4 is 23.7 Å². The van der Waals surface area contributed by atoms with Gasteiger partial charge in [-0.05, 0) is 90.6 Å². The van der Waals surface area contributed by atoms with Gasteiger partial charge in [0.25, 0.3) is 0 Å². The van der Waals surface area contributed by atoms with E-state index in [4.69, 9.17) is 11.6 Å². The largest absolute Gasteiger partial charge is 0.334 e. The molecule has 210 valence electrons. The highest BCUT2D eigenvalue weighted by atomic mass is 35.5. The second-order valence-corrected chi connectivity index (χ2v) is 11.6. The first-order chi connectivity index (χ1) is 19.8. The van der Waals surface area contributed by atoms with Gasteiger partial charge in [-0.1, -0.05) is 60.5 Å². The summed E-state index contributed by atoms with van der Waals surface area (Å²) in [4.78, 5) is 13.0. The Kier molecular flexibility index (Phi) is 7.39. The maximum Gasteiger partial charge on any atom is 0.315 e. The highest BCUT2D eigenvalue weighted by Gasteiger charge is 2.46. The van der Waals surface area contributed by atoms with Crippen molar-refractivity contribution in [1.82, 2.24) is 20.4 Å². The molecule has 3 atom stereocenters. The second kappa shape index (κ2) is 11.1. The molecule has 0 aliphatic heterocycles. The Morgan fingerprint density at radius 2 is 1.88 bits per heavy atom. The van der Waals surface area contributed by atoms with Crippen LogP contribution in [0.5, 0.6) is 0 Å². The van der Waals surface area contributed by atoms with Crippen LogP contribution in [0.4, 0.5) is 13.6 Å². The summed E-state index contributed by atoms with van der Waals surface area (Å²) in [5.74, 6) is -0.400. The second-order valence-electron chi connectivity index (χ2n) is 11.2. The van der Waals surface area contributed by atoms with Gasteiger partial charge in [0.1, 0.15) is 11.6 Å². The number of rotatable bonds is 7. The van der Waals surface area contributed by atoms with Gasteiger partial charge in [-0.25, -0.2) is 18.3 Å². The minimum atomic E-state index is -0.449. The number of halogens is 3. The summed E-state index contributed by atoms with van der Waals surface area (Å²) in [5.41, 5.74) is 5.63. The van der Waals surface area contributed by atoms with Crippen molar-refractivity contribution < 1.29 is 13.6 Å². The molecule has 1 heterocycles. The Bertz CT molecular complexity index is 1580. The number of aromatic nitrogens is 2. The summed E-state index contributed by atoms with van der Waals surface area (Å²) in [7, 11) is 0. The molecule has 0 spiro atoms. The lowest BCUT2D eigenvalue weighted by atomic mass is 9.68. The molecule has 1 aromatic heterocycles. The number of benzene rings is 3. The molecule has 4 aromatic rings. The molecule has 8 heteroatoms. The molecular formula is C33H31ClF2N4O. The van der Waals surface area contributed by atoms with Crippen molar-refractivity contribution in [3.05, 3.63) is 124 Å². The first kappa shape index (κ1) is 27.2. The Balaban J connectivity index is 1.21. The smallest absolute Gasteiger partial charge is 0.315 e. The monoisotopic (exact) mass is 572 g/mol. The zero-order valence-electron chi connectivity index (χ0n) is 22.7. The van der Waals surface area contributed by atoms with Crippen LogP contribution in [0.25, 0.3) is 11.8 Å². The van der Waals surface area contributed by atoms with Gasteiger partial charge in [0.05, 0.1) is 23.6 Å². The summed E-state index contributed by atoms with van der Waals surface area (Å²) >= 11 is 6.15. The van der Waals surface area contributed by atoms with Gasteiger partial charge in [0.15, 0.2) is 0 Å². The van der Waals surface area contributed by atoms with E-state index in [2.05, 4.69) is 28.7 Å². The van der Waals surface area contributed by atoms with E-state index in [1.807, 2.05) is 41.2 Å². The molecule has 2 aliphatic carbocycles. The number of amides is 2. The fraction of sp³-hybridized carbons (Fsp3) is 0.273. The summed E-state index contributed by atoms with van der Waals surface area (Å²) in [6, 6.07) is 20.2. The van der Waals surface area contributed by atoms with Gasteiger partial charge in [-0.3, -0.25) is 0 Å². The molecule has 41 heavy (non-hydrogen) atoms. The number of fused-ring (bicyclic) bond motifs is 2. The van der Waals surface area contributed by atoms with E-state index in [-0.39, 0.29) is 40.4 Å². The topological polar surface area (TPSA) is 59.0 Å². The number of nitrogens with zero attached hydrogens (tertiary/aromatic N) is 2. The molecule has 1 saturated carbocycles. The van der Waals surface area contributed by atoms with Gasteiger partial charge in [0, 0.05) is 17.1 Å². The maximum absolute atomic E-state index is 14.2. The van der Waals surface area contributed by atoms with Crippen molar-refractivity contribution in [3.63, 3.8) is 0 Å². The number of carbonyl (C=O) groups is 1. The van der Waals surface area contributed by atoms with Crippen LogP contribution < -0.4 is 10.6 Å². The molecule has 2 aliphatic rings. The van der Waals surface area contributed by atoms with E-state index < -0.39 is 5.82 Å². The summed E-state index contributed by atoms with van der Waals surface area (Å²) in [6.07, 6.45) is 7.75. The molecule has 5 nitrogen and oxygen atoms in total. The van der Waals surface area contributed by atoms with E-state index in [1.54, 1.807) is 24.3 Å². The lowest BCUT2D eigenvalue weighted by Gasteiger charge is -2.37. The van der Waals surface area contributed by atoms with Crippen LogP contribution in [0.15, 0.2) is 84.6 Å². The van der Waals surface area contributed by atoms with Gasteiger partial charge in [-0.2, -0.15) is 5.10 Å². The van der Waals surface area contributed by atoms with Gasteiger partial charge in [-0.15, -0.1) is 0 Å². The van der Waals surface area contributed by atoms with E-state index in [9.17, 15) is 13.6 Å². The summed E-state index contributed by atoms with van der Waals surface area (Å²) in [5, 5.41) is 10.9. The molecule has 0 bridgehead atoms. The average Bonchev–Trinajstić information content (AvgIpc) is 3.51. The first-order valence-corrected chi connectivity index (χ1v) is 14.3. The summed E-state index contributed by atoms with van der Waals surface area (Å²) in [6.45, 7) is 2.31. The van der Waals surface area contributed by atoms with Crippen LogP contribution in [0.1, 0.15) is 54.6 Å². The number of hydrogen-bond acceptors (Lipinski definition) is 2. The third-order valence-corrected chi connectivity index (χ3v) is 9.09. The van der Waals surface area contributed by atoms with Gasteiger partial charge in [0.2, 0.25) is 0 Å². The molecule has 1 fully saturated rings. The fourth-order valence-electron chi connectivity index (χ4n) is 6.43. The number of nitrogens with one attached hydrogen (secondary N) is 2. The number of urea groups is 1. The van der Waals surface area contributed by atoms with E-state index >= 15 is 0 Å². The van der Waals surface area contributed by atoms with Gasteiger partial charge < -0.3 is 10.6 Å². The number of carbonyl (C=O) groups excluding carboxylic acids is 1. The lowest BCUT2D eigenvalue weighted by Crippen LogP contribution is -2.40. The van der Waals surface area contributed by atoms with Crippen molar-refractivity contribution in [1.29, 1.82) is 0 Å². The normalized spacial score (nSPS) is 20.1. The van der Waals surface area contributed by atoms with Crippen LogP contribution >= 0.6 is 11.6 Å².